The number of fused-ring (bicyclic) bond motifs is 2. The molecular weight excluding hydrogens is 589 g/mol. The average molecular weight is 647 g/mol. The van der Waals surface area contributed by atoms with Crippen molar-refractivity contribution >= 4 is 22.2 Å². The summed E-state index contributed by atoms with van der Waals surface area (Å²) in [4.78, 5) is 17.3. The molecule has 256 valence electrons. The van der Waals surface area contributed by atoms with Crippen LogP contribution >= 0.6 is 0 Å². The second kappa shape index (κ2) is 18.9. The molecule has 1 aliphatic carbocycles. The zero-order valence-electron chi connectivity index (χ0n) is 30.7. The normalized spacial score (nSPS) is 15.0. The maximum Gasteiger partial charge on any atom is 0.150 e. The Morgan fingerprint density at radius 3 is 2.17 bits per heavy atom. The number of anilines is 1. The number of hydrogen-bond acceptors (Lipinski definition) is 5. The van der Waals surface area contributed by atoms with E-state index in [1.54, 1.807) is 12.3 Å². The lowest BCUT2D eigenvalue weighted by Gasteiger charge is -2.42. The molecule has 48 heavy (non-hydrogen) atoms. The smallest absolute Gasteiger partial charge is 0.150 e. The van der Waals surface area contributed by atoms with Crippen LogP contribution in [0.25, 0.3) is 38.9 Å². The molecule has 0 spiro atoms. The van der Waals surface area contributed by atoms with E-state index in [4.69, 9.17) is 15.7 Å². The molecule has 0 bridgehead atoms. The molecule has 0 saturated heterocycles. The van der Waals surface area contributed by atoms with Crippen molar-refractivity contribution in [3.05, 3.63) is 104 Å². The second-order valence-electron chi connectivity index (χ2n) is 12.6. The van der Waals surface area contributed by atoms with E-state index in [1.165, 1.54) is 31.5 Å². The maximum atomic E-state index is 6.44. The van der Waals surface area contributed by atoms with Crippen LogP contribution in [-0.2, 0) is 0 Å². The lowest BCUT2D eigenvalue weighted by Crippen LogP contribution is -2.45. The molecule has 6 heteroatoms. The highest BCUT2D eigenvalue weighted by atomic mass is 15.2. The number of nitrogens with two attached hydrogens (primary N) is 1. The van der Waals surface area contributed by atoms with Crippen molar-refractivity contribution in [3.8, 4) is 22.5 Å². The summed E-state index contributed by atoms with van der Waals surface area (Å²) in [5, 5.41) is 1.10. The predicted molar refractivity (Wildman–Crippen MR) is 208 cm³/mol. The Bertz CT molecular complexity index is 1720. The van der Waals surface area contributed by atoms with Crippen LogP contribution in [0.1, 0.15) is 92.8 Å². The minimum absolute atomic E-state index is 0.424. The van der Waals surface area contributed by atoms with Crippen molar-refractivity contribution in [2.24, 2.45) is 5.92 Å². The Labute approximate surface area is 289 Å². The van der Waals surface area contributed by atoms with E-state index in [2.05, 4.69) is 97.6 Å². The number of rotatable bonds is 9. The van der Waals surface area contributed by atoms with Gasteiger partial charge in [0.15, 0.2) is 0 Å². The van der Waals surface area contributed by atoms with Crippen molar-refractivity contribution in [2.75, 3.05) is 18.8 Å². The standard InChI is InChI=1S/C31H34N6.C6H12.C3H6.C2H6/c1-3-15-36(16-4-2)25-18-24(19-25)31-35-28(29-30(32)33-14-17-37(29)31)23-11-10-22-12-13-26(34-27(22)20-23)21-8-6-5-7-9-21;1-5(2)6(3)4;1-3-2;1-2/h5-14,17,20,24-25H,3-4,15-16,18-19H2,1-2H3,(H2,32,33);6H,1H2,2-4H3;3H,1H2,2H3;1-2H3. The van der Waals surface area contributed by atoms with Gasteiger partial charge in [-0.25, -0.2) is 15.0 Å². The fraction of sp³-hybridized carbons (Fsp3) is 0.405. The van der Waals surface area contributed by atoms with Crippen LogP contribution in [0.4, 0.5) is 5.82 Å². The van der Waals surface area contributed by atoms with Gasteiger partial charge in [-0.15, -0.1) is 6.58 Å². The molecule has 0 amide bonds. The first kappa shape index (κ1) is 38.2. The molecule has 6 rings (SSSR count). The quantitative estimate of drug-likeness (QED) is 0.161. The van der Waals surface area contributed by atoms with E-state index in [0.29, 0.717) is 23.7 Å². The van der Waals surface area contributed by atoms with Crippen LogP contribution in [0.3, 0.4) is 0 Å². The Morgan fingerprint density at radius 2 is 1.58 bits per heavy atom. The third kappa shape index (κ3) is 9.41. The van der Waals surface area contributed by atoms with Crippen molar-refractivity contribution < 1.29 is 0 Å². The van der Waals surface area contributed by atoms with Gasteiger partial charge in [0.05, 0.1) is 11.2 Å². The summed E-state index contributed by atoms with van der Waals surface area (Å²) in [5.41, 5.74) is 13.5. The highest BCUT2D eigenvalue weighted by Gasteiger charge is 2.37. The third-order valence-corrected chi connectivity index (χ3v) is 8.65. The van der Waals surface area contributed by atoms with Crippen molar-refractivity contribution in [3.63, 3.8) is 0 Å². The highest BCUT2D eigenvalue weighted by Crippen LogP contribution is 2.42. The maximum absolute atomic E-state index is 6.44. The Hall–Kier alpha value is -4.29. The fourth-order valence-corrected chi connectivity index (χ4v) is 5.76. The summed E-state index contributed by atoms with van der Waals surface area (Å²) in [6, 6.07) is 21.5. The lowest BCUT2D eigenvalue weighted by molar-refractivity contribution is 0.105. The van der Waals surface area contributed by atoms with Crippen molar-refractivity contribution in [1.82, 2.24) is 24.3 Å². The number of imidazole rings is 1. The molecule has 5 aromatic rings. The summed E-state index contributed by atoms with van der Waals surface area (Å²) in [6.45, 7) is 26.2. The SMILES string of the molecule is C=C(C)C(C)C.C=CC.CC.CCCN(CCC)C1CC(c2nc(-c3ccc4ccc(-c5ccccc5)nc4c3)c3c(N)nccn23)C1. The molecule has 6 nitrogen and oxygen atoms in total. The van der Waals surface area contributed by atoms with Crippen LogP contribution < -0.4 is 5.73 Å². The third-order valence-electron chi connectivity index (χ3n) is 8.65. The molecule has 1 saturated carbocycles. The van der Waals surface area contributed by atoms with Crippen molar-refractivity contribution in [1.29, 1.82) is 0 Å². The molecule has 1 fully saturated rings. The van der Waals surface area contributed by atoms with Crippen LogP contribution in [0.2, 0.25) is 0 Å². The first-order valence-electron chi connectivity index (χ1n) is 17.8. The largest absolute Gasteiger partial charge is 0.382 e. The van der Waals surface area contributed by atoms with E-state index in [9.17, 15) is 0 Å². The number of hydrogen-bond donors (Lipinski definition) is 1. The van der Waals surface area contributed by atoms with E-state index in [1.807, 2.05) is 52.1 Å². The molecule has 3 aromatic heterocycles. The zero-order chi connectivity index (χ0) is 35.2. The zero-order valence-corrected chi connectivity index (χ0v) is 30.7. The Kier molecular flexibility index (Phi) is 15.0. The first-order chi connectivity index (χ1) is 23.2. The summed E-state index contributed by atoms with van der Waals surface area (Å²) in [7, 11) is 0. The number of nitrogen functional groups attached to an aromatic ring is 1. The van der Waals surface area contributed by atoms with Gasteiger partial charge in [-0.3, -0.25) is 4.40 Å². The number of aromatic nitrogens is 4. The first-order valence-corrected chi connectivity index (χ1v) is 17.8. The highest BCUT2D eigenvalue weighted by molar-refractivity contribution is 5.91. The summed E-state index contributed by atoms with van der Waals surface area (Å²) >= 11 is 0. The Balaban J connectivity index is 0.000000500. The molecule has 0 aliphatic heterocycles. The van der Waals surface area contributed by atoms with Gasteiger partial charge in [0.25, 0.3) is 0 Å². The molecule has 2 N–H and O–H groups in total. The minimum Gasteiger partial charge on any atom is -0.382 e. The molecule has 0 unspecified atom stereocenters. The van der Waals surface area contributed by atoms with Gasteiger partial charge in [0.2, 0.25) is 0 Å². The molecular formula is C42H58N6. The lowest BCUT2D eigenvalue weighted by atomic mass is 9.78. The van der Waals surface area contributed by atoms with Gasteiger partial charge < -0.3 is 10.6 Å². The minimum atomic E-state index is 0.424. The van der Waals surface area contributed by atoms with Crippen molar-refractivity contribution in [2.45, 2.75) is 93.0 Å². The fourth-order valence-electron chi connectivity index (χ4n) is 5.76. The van der Waals surface area contributed by atoms with E-state index in [0.717, 1.165) is 57.6 Å². The van der Waals surface area contributed by atoms with Crippen LogP contribution in [0.15, 0.2) is 97.9 Å². The van der Waals surface area contributed by atoms with E-state index in [-0.39, 0.29) is 0 Å². The molecule has 2 aromatic carbocycles. The summed E-state index contributed by atoms with van der Waals surface area (Å²) < 4.78 is 2.17. The predicted octanol–water partition coefficient (Wildman–Crippen LogP) is 11.0. The molecule has 0 radical (unpaired) electrons. The summed E-state index contributed by atoms with van der Waals surface area (Å²) in [6.07, 6.45) is 10.2. The molecule has 3 heterocycles. The van der Waals surface area contributed by atoms with Crippen LogP contribution in [0.5, 0.6) is 0 Å². The van der Waals surface area contributed by atoms with Gasteiger partial charge in [-0.2, -0.15) is 0 Å². The Morgan fingerprint density at radius 1 is 0.979 bits per heavy atom. The monoisotopic (exact) mass is 646 g/mol. The van der Waals surface area contributed by atoms with Crippen LogP contribution in [-0.4, -0.2) is 43.4 Å². The number of allylic oxidation sites excluding steroid dienone is 2. The van der Waals surface area contributed by atoms with Gasteiger partial charge >= 0.3 is 0 Å². The van der Waals surface area contributed by atoms with E-state index < -0.39 is 0 Å². The average Bonchev–Trinajstić information content (AvgIpc) is 3.46. The molecule has 1 aliphatic rings. The number of nitrogens with zero attached hydrogens (tertiary/aromatic N) is 5. The topological polar surface area (TPSA) is 72.3 Å². The van der Waals surface area contributed by atoms with Crippen LogP contribution in [0, 0.1) is 5.92 Å². The van der Waals surface area contributed by atoms with Gasteiger partial charge in [-0.1, -0.05) is 108 Å². The summed E-state index contributed by atoms with van der Waals surface area (Å²) in [5.74, 6) is 2.68. The van der Waals surface area contributed by atoms with Gasteiger partial charge in [0.1, 0.15) is 22.9 Å². The second-order valence-corrected chi connectivity index (χ2v) is 12.6. The van der Waals surface area contributed by atoms with E-state index >= 15 is 0 Å². The number of pyridine rings is 1. The van der Waals surface area contributed by atoms with Gasteiger partial charge in [0, 0.05) is 40.9 Å². The molecule has 0 atom stereocenters. The number of benzene rings is 2. The van der Waals surface area contributed by atoms with Gasteiger partial charge in [-0.05, 0) is 70.7 Å².